The van der Waals surface area contributed by atoms with Crippen molar-refractivity contribution >= 4 is 40.5 Å². The number of carbonyl (C=O) groups is 2. The maximum absolute atomic E-state index is 12.6. The molecule has 3 rings (SSSR count). The van der Waals surface area contributed by atoms with Crippen LogP contribution in [0.2, 0.25) is 0 Å². The van der Waals surface area contributed by atoms with Crippen molar-refractivity contribution in [1.29, 1.82) is 0 Å². The monoisotopic (exact) mass is 426 g/mol. The van der Waals surface area contributed by atoms with Crippen molar-refractivity contribution in [3.63, 3.8) is 0 Å². The zero-order valence-corrected chi connectivity index (χ0v) is 17.1. The topological polar surface area (TPSA) is 105 Å². The Balaban J connectivity index is 1.57. The molecule has 1 heterocycles. The van der Waals surface area contributed by atoms with Gasteiger partial charge in [-0.3, -0.25) is 25.0 Å². The Morgan fingerprint density at radius 1 is 0.967 bits per heavy atom. The average Bonchev–Trinajstić information content (AvgIpc) is 3.03. The van der Waals surface area contributed by atoms with Crippen LogP contribution >= 0.6 is 12.2 Å². The maximum Gasteiger partial charge on any atom is 0.270 e. The largest absolute Gasteiger partial charge is 0.339 e. The van der Waals surface area contributed by atoms with Gasteiger partial charge in [-0.15, -0.1) is 0 Å². The number of anilines is 1. The first kappa shape index (κ1) is 21.4. The lowest BCUT2D eigenvalue weighted by molar-refractivity contribution is -0.384. The molecule has 2 aromatic rings. The SMILES string of the molecule is O=C(NC(=S)Nc1ccc(C(=O)N2CCCCCC2)cc1)c1cccc([N+](=O)[O-])c1. The van der Waals surface area contributed by atoms with Crippen LogP contribution in [-0.2, 0) is 0 Å². The summed E-state index contributed by atoms with van der Waals surface area (Å²) in [5.74, 6) is -0.533. The van der Waals surface area contributed by atoms with Crippen LogP contribution in [-0.4, -0.2) is 39.8 Å². The van der Waals surface area contributed by atoms with Crippen LogP contribution in [0.1, 0.15) is 46.4 Å². The maximum atomic E-state index is 12.6. The number of likely N-dealkylation sites (tertiary alicyclic amines) is 1. The van der Waals surface area contributed by atoms with Gasteiger partial charge in [0.25, 0.3) is 17.5 Å². The Morgan fingerprint density at radius 2 is 1.63 bits per heavy atom. The van der Waals surface area contributed by atoms with Crippen LogP contribution in [0.3, 0.4) is 0 Å². The van der Waals surface area contributed by atoms with Gasteiger partial charge in [-0.2, -0.15) is 0 Å². The summed E-state index contributed by atoms with van der Waals surface area (Å²) in [6.45, 7) is 1.57. The van der Waals surface area contributed by atoms with Gasteiger partial charge in [-0.25, -0.2) is 0 Å². The standard InChI is InChI=1S/C21H22N4O4S/c26-19(16-6-5-7-18(14-16)25(28)29)23-21(30)22-17-10-8-15(9-11-17)20(27)24-12-3-1-2-4-13-24/h5-11,14H,1-4,12-13H2,(H2,22,23,26,30). The predicted molar refractivity (Wildman–Crippen MR) is 118 cm³/mol. The molecule has 0 spiro atoms. The molecule has 0 unspecified atom stereocenters. The minimum absolute atomic E-state index is 0.0185. The van der Waals surface area contributed by atoms with Crippen molar-refractivity contribution in [3.8, 4) is 0 Å². The van der Waals surface area contributed by atoms with Gasteiger partial charge in [0.05, 0.1) is 4.92 Å². The smallest absolute Gasteiger partial charge is 0.270 e. The summed E-state index contributed by atoms with van der Waals surface area (Å²) in [4.78, 5) is 37.1. The van der Waals surface area contributed by atoms with E-state index in [1.54, 1.807) is 24.3 Å². The number of non-ortho nitro benzene ring substituents is 1. The lowest BCUT2D eigenvalue weighted by Crippen LogP contribution is -2.34. The molecule has 0 radical (unpaired) electrons. The molecule has 0 atom stereocenters. The van der Waals surface area contributed by atoms with Crippen molar-refractivity contribution in [2.75, 3.05) is 18.4 Å². The van der Waals surface area contributed by atoms with E-state index in [4.69, 9.17) is 12.2 Å². The summed E-state index contributed by atoms with van der Waals surface area (Å²) < 4.78 is 0. The Labute approximate surface area is 179 Å². The molecule has 156 valence electrons. The van der Waals surface area contributed by atoms with Gasteiger partial charge in [0.1, 0.15) is 0 Å². The molecule has 0 aliphatic carbocycles. The van der Waals surface area contributed by atoms with Crippen LogP contribution in [0.5, 0.6) is 0 Å². The molecular formula is C21H22N4O4S. The second-order valence-electron chi connectivity index (χ2n) is 7.00. The fraction of sp³-hybridized carbons (Fsp3) is 0.286. The first-order valence-corrected chi connectivity index (χ1v) is 10.1. The molecule has 8 nitrogen and oxygen atoms in total. The van der Waals surface area contributed by atoms with Crippen LogP contribution in [0.15, 0.2) is 48.5 Å². The van der Waals surface area contributed by atoms with E-state index in [0.717, 1.165) is 38.8 Å². The predicted octanol–water partition coefficient (Wildman–Crippen LogP) is 3.74. The molecule has 9 heteroatoms. The third kappa shape index (κ3) is 5.60. The molecule has 0 aromatic heterocycles. The highest BCUT2D eigenvalue weighted by atomic mass is 32.1. The summed E-state index contributed by atoms with van der Waals surface area (Å²) in [6.07, 6.45) is 4.38. The van der Waals surface area contributed by atoms with Crippen LogP contribution in [0.4, 0.5) is 11.4 Å². The Morgan fingerprint density at radius 3 is 2.27 bits per heavy atom. The van der Waals surface area contributed by atoms with Gasteiger partial charge in [-0.05, 0) is 55.4 Å². The lowest BCUT2D eigenvalue weighted by Gasteiger charge is -2.20. The zero-order chi connectivity index (χ0) is 21.5. The Hall–Kier alpha value is -3.33. The van der Waals surface area contributed by atoms with E-state index in [1.807, 2.05) is 4.90 Å². The number of hydrogen-bond donors (Lipinski definition) is 2. The second kappa shape index (κ2) is 9.93. The average molecular weight is 426 g/mol. The van der Waals surface area contributed by atoms with E-state index in [1.165, 1.54) is 24.3 Å². The fourth-order valence-electron chi connectivity index (χ4n) is 3.25. The molecule has 0 bridgehead atoms. The highest BCUT2D eigenvalue weighted by molar-refractivity contribution is 7.80. The number of amides is 2. The number of benzene rings is 2. The van der Waals surface area contributed by atoms with Crippen molar-refractivity contribution in [2.24, 2.45) is 0 Å². The molecule has 2 aromatic carbocycles. The number of hydrogen-bond acceptors (Lipinski definition) is 5. The number of nitrogens with zero attached hydrogens (tertiary/aromatic N) is 2. The molecule has 2 amide bonds. The van der Waals surface area contributed by atoms with Gasteiger partial charge in [0.15, 0.2) is 5.11 Å². The summed E-state index contributed by atoms with van der Waals surface area (Å²) >= 11 is 5.15. The molecule has 1 aliphatic rings. The van der Waals surface area contributed by atoms with Crippen molar-refractivity contribution in [1.82, 2.24) is 10.2 Å². The van der Waals surface area contributed by atoms with Crippen molar-refractivity contribution in [3.05, 3.63) is 69.8 Å². The van der Waals surface area contributed by atoms with Gasteiger partial charge in [0.2, 0.25) is 0 Å². The first-order valence-electron chi connectivity index (χ1n) is 9.70. The van der Waals surface area contributed by atoms with Crippen molar-refractivity contribution in [2.45, 2.75) is 25.7 Å². The van der Waals surface area contributed by atoms with Gasteiger partial charge in [-0.1, -0.05) is 18.9 Å². The third-order valence-corrected chi connectivity index (χ3v) is 5.03. The number of carbonyl (C=O) groups excluding carboxylic acids is 2. The summed E-state index contributed by atoms with van der Waals surface area (Å²) in [5, 5.41) is 16.3. The first-order chi connectivity index (χ1) is 14.4. The number of nitro groups is 1. The van der Waals surface area contributed by atoms with Crippen LogP contribution < -0.4 is 10.6 Å². The lowest BCUT2D eigenvalue weighted by atomic mass is 10.1. The van der Waals surface area contributed by atoms with E-state index >= 15 is 0 Å². The minimum Gasteiger partial charge on any atom is -0.339 e. The minimum atomic E-state index is -0.568. The van der Waals surface area contributed by atoms with E-state index in [0.29, 0.717) is 11.3 Å². The van der Waals surface area contributed by atoms with E-state index in [9.17, 15) is 19.7 Å². The number of thiocarbonyl (C=S) groups is 1. The highest BCUT2D eigenvalue weighted by Gasteiger charge is 2.17. The van der Waals surface area contributed by atoms with Gasteiger partial charge < -0.3 is 10.2 Å². The second-order valence-corrected chi connectivity index (χ2v) is 7.41. The van der Waals surface area contributed by atoms with E-state index in [-0.39, 0.29) is 22.3 Å². The molecule has 1 fully saturated rings. The number of nitrogens with one attached hydrogen (secondary N) is 2. The third-order valence-electron chi connectivity index (χ3n) is 4.83. The summed E-state index contributed by atoms with van der Waals surface area (Å²) in [6, 6.07) is 12.3. The van der Waals surface area contributed by atoms with Gasteiger partial charge >= 0.3 is 0 Å². The quantitative estimate of drug-likeness (QED) is 0.438. The summed E-state index contributed by atoms with van der Waals surface area (Å²) in [7, 11) is 0. The zero-order valence-electron chi connectivity index (χ0n) is 16.3. The molecule has 30 heavy (non-hydrogen) atoms. The molecule has 2 N–H and O–H groups in total. The van der Waals surface area contributed by atoms with Gasteiger partial charge in [0, 0.05) is 42.0 Å². The van der Waals surface area contributed by atoms with Crippen LogP contribution in [0, 0.1) is 10.1 Å². The Bertz CT molecular complexity index is 954. The highest BCUT2D eigenvalue weighted by Crippen LogP contribution is 2.16. The normalized spacial score (nSPS) is 13.8. The van der Waals surface area contributed by atoms with Crippen molar-refractivity contribution < 1.29 is 14.5 Å². The van der Waals surface area contributed by atoms with E-state index in [2.05, 4.69) is 10.6 Å². The van der Waals surface area contributed by atoms with Crippen LogP contribution in [0.25, 0.3) is 0 Å². The number of rotatable bonds is 4. The Kier molecular flexibility index (Phi) is 7.08. The molecule has 0 saturated carbocycles. The fourth-order valence-corrected chi connectivity index (χ4v) is 3.46. The number of nitro benzene ring substituents is 1. The summed E-state index contributed by atoms with van der Waals surface area (Å²) in [5.41, 5.74) is 1.18. The van der Waals surface area contributed by atoms with E-state index < -0.39 is 10.8 Å². The molecule has 1 aliphatic heterocycles. The molecule has 1 saturated heterocycles. The molecular weight excluding hydrogens is 404 g/mol.